The summed E-state index contributed by atoms with van der Waals surface area (Å²) in [6, 6.07) is 0. The highest BCUT2D eigenvalue weighted by atomic mass is 15.7. The van der Waals surface area contributed by atoms with Gasteiger partial charge in [0, 0.05) is 5.10 Å². The molecular formula is C5H5N5+. The molecule has 0 atom stereocenters. The average molecular weight is 135 g/mol. The number of hydrogen-bond donors (Lipinski definition) is 0. The second-order valence-corrected chi connectivity index (χ2v) is 1.76. The average Bonchev–Trinajstić information content (AvgIpc) is 2.59. The van der Waals surface area contributed by atoms with E-state index in [-0.39, 0.29) is 0 Å². The van der Waals surface area contributed by atoms with Gasteiger partial charge >= 0.3 is 6.34 Å². The van der Waals surface area contributed by atoms with Gasteiger partial charge < -0.3 is 0 Å². The topological polar surface area (TPSA) is 48.4 Å². The molecule has 0 aromatic carbocycles. The van der Waals surface area contributed by atoms with Crippen LogP contribution in [0.25, 0.3) is 0 Å². The van der Waals surface area contributed by atoms with Crippen molar-refractivity contribution < 1.29 is 0 Å². The molecule has 2 rings (SSSR count). The predicted octanol–water partition coefficient (Wildman–Crippen LogP) is -0.229. The molecule has 0 saturated carbocycles. The SMILES string of the molecule is C1=NC=N[N+]1n1ccnc1. The van der Waals surface area contributed by atoms with E-state index in [0.29, 0.717) is 0 Å². The zero-order chi connectivity index (χ0) is 6.81. The number of aromatic nitrogens is 2. The van der Waals surface area contributed by atoms with Gasteiger partial charge in [0.2, 0.25) is 0 Å². The van der Waals surface area contributed by atoms with Crippen LogP contribution in [-0.4, -0.2) is 22.3 Å². The van der Waals surface area contributed by atoms with Gasteiger partial charge in [-0.15, -0.1) is 4.68 Å². The van der Waals surface area contributed by atoms with Gasteiger partial charge in [-0.3, -0.25) is 0 Å². The summed E-state index contributed by atoms with van der Waals surface area (Å²) in [6.45, 7) is 0. The van der Waals surface area contributed by atoms with E-state index in [1.807, 2.05) is 0 Å². The lowest BCUT2D eigenvalue weighted by Gasteiger charge is -1.89. The van der Waals surface area contributed by atoms with Crippen LogP contribution in [0.15, 0.2) is 28.8 Å². The third-order valence-electron chi connectivity index (χ3n) is 1.13. The maximum atomic E-state index is 3.89. The molecule has 5 heteroatoms. The molecule has 0 bridgehead atoms. The van der Waals surface area contributed by atoms with Gasteiger partial charge in [-0.25, -0.2) is 4.98 Å². The zero-order valence-electron chi connectivity index (χ0n) is 5.12. The largest absolute Gasteiger partial charge is 0.304 e. The fourth-order valence-corrected chi connectivity index (χ4v) is 0.695. The Morgan fingerprint density at radius 2 is 2.40 bits per heavy atom. The van der Waals surface area contributed by atoms with Crippen molar-refractivity contribution in [3.63, 3.8) is 0 Å². The van der Waals surface area contributed by atoms with Crippen LogP contribution < -0.4 is 5.12 Å². The summed E-state index contributed by atoms with van der Waals surface area (Å²) in [5.41, 5.74) is 0. The Labute approximate surface area is 57.3 Å². The van der Waals surface area contributed by atoms with E-state index in [0.717, 1.165) is 0 Å². The number of rotatable bonds is 1. The van der Waals surface area contributed by atoms with Gasteiger partial charge in [0.1, 0.15) is 5.12 Å². The highest BCUT2D eigenvalue weighted by Crippen LogP contribution is 1.90. The molecule has 0 saturated heterocycles. The van der Waals surface area contributed by atoms with E-state index >= 15 is 0 Å². The van der Waals surface area contributed by atoms with Crippen LogP contribution in [0.2, 0.25) is 0 Å². The second kappa shape index (κ2) is 2.03. The van der Waals surface area contributed by atoms with Crippen LogP contribution in [0.4, 0.5) is 0 Å². The molecule has 0 unspecified atom stereocenters. The molecule has 49 valence electrons. The maximum Gasteiger partial charge on any atom is 0.304 e. The van der Waals surface area contributed by atoms with E-state index in [2.05, 4.69) is 15.1 Å². The molecule has 10 heavy (non-hydrogen) atoms. The third-order valence-corrected chi connectivity index (χ3v) is 1.13. The lowest BCUT2D eigenvalue weighted by atomic mass is 10.9. The summed E-state index contributed by atoms with van der Waals surface area (Å²) in [4.78, 5) is 7.63. The summed E-state index contributed by atoms with van der Waals surface area (Å²) in [7, 11) is 0. The van der Waals surface area contributed by atoms with Gasteiger partial charge in [-0.05, 0) is 0 Å². The van der Waals surface area contributed by atoms with E-state index in [1.165, 1.54) is 6.34 Å². The number of nitrogens with zero attached hydrogens (tertiary/aromatic N) is 5. The lowest BCUT2D eigenvalue weighted by Crippen LogP contribution is -2.24. The molecule has 1 aromatic rings. The standard InChI is InChI=1S/C5H5N5/c1-2-9(4-6-1)10-5-7-3-8-10/h1-5H/q+1. The molecule has 0 spiro atoms. The van der Waals surface area contributed by atoms with Crippen molar-refractivity contribution in [2.24, 2.45) is 10.1 Å². The van der Waals surface area contributed by atoms with Crippen molar-refractivity contribution in [1.29, 1.82) is 0 Å². The first kappa shape index (κ1) is 5.31. The smallest absolute Gasteiger partial charge is 0.239 e. The fraction of sp³-hybridized carbons (Fsp3) is 0. The van der Waals surface area contributed by atoms with Crippen molar-refractivity contribution in [1.82, 2.24) is 14.8 Å². The summed E-state index contributed by atoms with van der Waals surface area (Å²) in [6.07, 6.45) is 8.19. The van der Waals surface area contributed by atoms with Crippen molar-refractivity contribution in [3.8, 4) is 0 Å². The summed E-state index contributed by atoms with van der Waals surface area (Å²) in [5.74, 6) is 0. The molecule has 0 fully saturated rings. The minimum atomic E-state index is 1.47. The van der Waals surface area contributed by atoms with Crippen LogP contribution in [0, 0.1) is 0 Å². The van der Waals surface area contributed by atoms with Gasteiger partial charge in [0.05, 0.1) is 12.4 Å². The fourth-order valence-electron chi connectivity index (χ4n) is 0.695. The highest BCUT2D eigenvalue weighted by molar-refractivity contribution is 5.77. The Kier molecular flexibility index (Phi) is 1.08. The molecule has 1 aliphatic heterocycles. The summed E-state index contributed by atoms with van der Waals surface area (Å²) < 4.78 is 1.72. The van der Waals surface area contributed by atoms with Crippen LogP contribution in [0.1, 0.15) is 0 Å². The van der Waals surface area contributed by atoms with Crippen molar-refractivity contribution in [2.75, 3.05) is 0 Å². The number of hydrazone groups is 1. The number of imidazole rings is 1. The zero-order valence-corrected chi connectivity index (χ0v) is 5.12. The Hall–Kier alpha value is -1.49. The van der Waals surface area contributed by atoms with Gasteiger partial charge in [0.25, 0.3) is 0 Å². The summed E-state index contributed by atoms with van der Waals surface area (Å²) in [5, 5.41) is 5.46. The molecular weight excluding hydrogens is 130 g/mol. The first-order valence-electron chi connectivity index (χ1n) is 2.80. The van der Waals surface area contributed by atoms with E-state index < -0.39 is 0 Å². The molecule has 0 N–H and O–H groups in total. The minimum Gasteiger partial charge on any atom is -0.239 e. The monoisotopic (exact) mass is 135 g/mol. The number of hydrogen-bond acceptors (Lipinski definition) is 4. The Balaban J connectivity index is 2.29. The quantitative estimate of drug-likeness (QED) is 0.491. The van der Waals surface area contributed by atoms with Crippen LogP contribution in [0.5, 0.6) is 0 Å². The number of aliphatic imine (C=N–C) groups is 1. The Morgan fingerprint density at radius 3 is 3.00 bits per heavy atom. The molecule has 2 heterocycles. The Bertz CT molecular complexity index is 248. The van der Waals surface area contributed by atoms with Crippen molar-refractivity contribution >= 4 is 12.7 Å². The molecule has 1 aromatic heterocycles. The molecule has 1 radical (unpaired) electrons. The minimum absolute atomic E-state index is 1.47. The van der Waals surface area contributed by atoms with E-state index in [9.17, 15) is 0 Å². The molecule has 0 aliphatic carbocycles. The second-order valence-electron chi connectivity index (χ2n) is 1.76. The van der Waals surface area contributed by atoms with E-state index in [1.54, 1.807) is 34.9 Å². The molecule has 0 amide bonds. The first-order chi connectivity index (χ1) is 4.97. The molecule has 5 nitrogen and oxygen atoms in total. The maximum absolute atomic E-state index is 3.89. The Morgan fingerprint density at radius 1 is 1.40 bits per heavy atom. The summed E-state index contributed by atoms with van der Waals surface area (Å²) >= 11 is 0. The van der Waals surface area contributed by atoms with E-state index in [4.69, 9.17) is 0 Å². The third kappa shape index (κ3) is 0.725. The van der Waals surface area contributed by atoms with Crippen LogP contribution >= 0.6 is 0 Å². The van der Waals surface area contributed by atoms with Crippen LogP contribution in [-0.2, 0) is 0 Å². The van der Waals surface area contributed by atoms with Gasteiger partial charge in [-0.1, -0.05) is 0 Å². The predicted molar refractivity (Wildman–Crippen MR) is 36.7 cm³/mol. The van der Waals surface area contributed by atoms with Crippen molar-refractivity contribution in [2.45, 2.75) is 0 Å². The normalized spacial score (nSPS) is 16.8. The lowest BCUT2D eigenvalue weighted by molar-refractivity contribution is 0.510. The van der Waals surface area contributed by atoms with Crippen molar-refractivity contribution in [3.05, 3.63) is 18.7 Å². The van der Waals surface area contributed by atoms with Crippen LogP contribution in [0.3, 0.4) is 0 Å². The van der Waals surface area contributed by atoms with Gasteiger partial charge in [-0.2, -0.15) is 4.99 Å². The first-order valence-corrected chi connectivity index (χ1v) is 2.80. The van der Waals surface area contributed by atoms with Gasteiger partial charge in [0.15, 0.2) is 12.7 Å². The molecule has 1 aliphatic rings. The highest BCUT2D eigenvalue weighted by Gasteiger charge is 2.16.